The normalized spacial score (nSPS) is 12.7. The Bertz CT molecular complexity index is 1440. The van der Waals surface area contributed by atoms with Crippen LogP contribution in [0.15, 0.2) is 82.2 Å². The largest absolute Gasteiger partial charge is 0.494 e. The Morgan fingerprint density at radius 2 is 1.66 bits per heavy atom. The Morgan fingerprint density at radius 1 is 1.00 bits per heavy atom. The molecule has 220 valence electrons. The summed E-state index contributed by atoms with van der Waals surface area (Å²) in [5.74, 6) is -0.314. The summed E-state index contributed by atoms with van der Waals surface area (Å²) < 4.78 is 35.1. The third-order valence-electron chi connectivity index (χ3n) is 6.53. The first-order valence-corrected chi connectivity index (χ1v) is 15.9. The number of amides is 2. The van der Waals surface area contributed by atoms with Crippen LogP contribution in [0.1, 0.15) is 39.7 Å². The van der Waals surface area contributed by atoms with E-state index in [2.05, 4.69) is 21.2 Å². The molecule has 0 aliphatic heterocycles. The zero-order valence-electron chi connectivity index (χ0n) is 23.5. The van der Waals surface area contributed by atoms with Gasteiger partial charge >= 0.3 is 0 Å². The summed E-state index contributed by atoms with van der Waals surface area (Å²) in [5.41, 5.74) is 0.988. The van der Waals surface area contributed by atoms with Gasteiger partial charge in [-0.3, -0.25) is 13.9 Å². The molecule has 41 heavy (non-hydrogen) atoms. The number of benzene rings is 3. The van der Waals surface area contributed by atoms with Crippen molar-refractivity contribution in [3.8, 4) is 5.75 Å². The van der Waals surface area contributed by atoms with Crippen molar-refractivity contribution in [2.24, 2.45) is 0 Å². The van der Waals surface area contributed by atoms with Gasteiger partial charge in [0.15, 0.2) is 0 Å². The molecule has 3 aromatic carbocycles. The number of nitrogens with one attached hydrogen (secondary N) is 1. The minimum Gasteiger partial charge on any atom is -0.494 e. The quantitative estimate of drug-likeness (QED) is 0.241. The molecule has 0 aliphatic carbocycles. The highest BCUT2D eigenvalue weighted by Crippen LogP contribution is 2.27. The second-order valence-electron chi connectivity index (χ2n) is 9.54. The van der Waals surface area contributed by atoms with Crippen molar-refractivity contribution >= 4 is 55.1 Å². The molecule has 0 fully saturated rings. The number of hydrogen-bond acceptors (Lipinski definition) is 5. The monoisotopic (exact) mass is 663 g/mol. The molecule has 0 bridgehead atoms. The molecule has 11 heteroatoms. The highest BCUT2D eigenvalue weighted by molar-refractivity contribution is 9.10. The van der Waals surface area contributed by atoms with E-state index in [4.69, 9.17) is 16.3 Å². The molecule has 0 saturated heterocycles. The zero-order valence-corrected chi connectivity index (χ0v) is 26.7. The Balaban J connectivity index is 2.03. The molecule has 8 nitrogen and oxygen atoms in total. The third-order valence-corrected chi connectivity index (χ3v) is 9.08. The maximum atomic E-state index is 14.0. The second-order valence-corrected chi connectivity index (χ2v) is 12.8. The van der Waals surface area contributed by atoms with E-state index in [9.17, 15) is 18.0 Å². The van der Waals surface area contributed by atoms with Gasteiger partial charge in [0, 0.05) is 22.1 Å². The van der Waals surface area contributed by atoms with Crippen LogP contribution in [0.5, 0.6) is 5.75 Å². The van der Waals surface area contributed by atoms with Crippen LogP contribution < -0.4 is 14.4 Å². The van der Waals surface area contributed by atoms with Crippen LogP contribution in [-0.4, -0.2) is 50.4 Å². The van der Waals surface area contributed by atoms with Gasteiger partial charge in [0.2, 0.25) is 11.8 Å². The SMILES string of the molecule is CCOc1ccc(N(CC(=O)N(Cc2cccc(Cl)c2)[C@@H](C)C(=O)N[C@@H](C)CC)S(=O)(=O)c2ccc(Br)cc2)cc1. The maximum absolute atomic E-state index is 14.0. The van der Waals surface area contributed by atoms with Crippen molar-refractivity contribution < 1.29 is 22.7 Å². The van der Waals surface area contributed by atoms with Gasteiger partial charge in [-0.2, -0.15) is 0 Å². The van der Waals surface area contributed by atoms with E-state index in [0.717, 1.165) is 10.7 Å². The number of nitrogens with zero attached hydrogens (tertiary/aromatic N) is 2. The van der Waals surface area contributed by atoms with Gasteiger partial charge in [-0.05, 0) is 93.4 Å². The van der Waals surface area contributed by atoms with Gasteiger partial charge in [-0.15, -0.1) is 0 Å². The number of rotatable bonds is 13. The van der Waals surface area contributed by atoms with Crippen LogP contribution in [-0.2, 0) is 26.2 Å². The molecule has 0 unspecified atom stereocenters. The predicted molar refractivity (Wildman–Crippen MR) is 166 cm³/mol. The third kappa shape index (κ3) is 8.70. The molecule has 0 aromatic heterocycles. The Hall–Kier alpha value is -3.08. The van der Waals surface area contributed by atoms with E-state index in [1.807, 2.05) is 20.8 Å². The van der Waals surface area contributed by atoms with Crippen LogP contribution in [0.25, 0.3) is 0 Å². The first kappa shape index (κ1) is 32.4. The van der Waals surface area contributed by atoms with Crippen molar-refractivity contribution in [1.29, 1.82) is 0 Å². The van der Waals surface area contributed by atoms with Crippen molar-refractivity contribution in [3.63, 3.8) is 0 Å². The summed E-state index contributed by atoms with van der Waals surface area (Å²) in [6, 6.07) is 18.7. The number of hydrogen-bond donors (Lipinski definition) is 1. The topological polar surface area (TPSA) is 96.0 Å². The summed E-state index contributed by atoms with van der Waals surface area (Å²) in [6.45, 7) is 7.29. The van der Waals surface area contributed by atoms with Gasteiger partial charge in [-0.25, -0.2) is 8.42 Å². The number of anilines is 1. The summed E-state index contributed by atoms with van der Waals surface area (Å²) in [4.78, 5) is 28.5. The molecule has 0 radical (unpaired) electrons. The van der Waals surface area contributed by atoms with E-state index >= 15 is 0 Å². The van der Waals surface area contributed by atoms with Crippen LogP contribution >= 0.6 is 27.5 Å². The first-order chi connectivity index (χ1) is 19.5. The maximum Gasteiger partial charge on any atom is 0.264 e. The molecular weight excluding hydrogens is 630 g/mol. The van der Waals surface area contributed by atoms with Gasteiger partial charge in [0.1, 0.15) is 18.3 Å². The number of sulfonamides is 1. The molecule has 2 atom stereocenters. The molecule has 3 rings (SSSR count). The number of halogens is 2. The highest BCUT2D eigenvalue weighted by atomic mass is 79.9. The van der Waals surface area contributed by atoms with Gasteiger partial charge in [0.05, 0.1) is 17.2 Å². The highest BCUT2D eigenvalue weighted by Gasteiger charge is 2.33. The van der Waals surface area contributed by atoms with Crippen molar-refractivity contribution in [3.05, 3.63) is 87.9 Å². The van der Waals surface area contributed by atoms with Crippen LogP contribution in [0, 0.1) is 0 Å². The standard InChI is InChI=1S/C30H35BrClN3O5S/c1-5-21(3)33-30(37)22(4)34(19-23-8-7-9-25(32)18-23)29(36)20-35(26-12-14-27(15-13-26)40-6-2)41(38,39)28-16-10-24(31)11-17-28/h7-18,21-22H,5-6,19-20H2,1-4H3,(H,33,37)/t21-,22-/m0/s1. The summed E-state index contributed by atoms with van der Waals surface area (Å²) in [7, 11) is -4.17. The lowest BCUT2D eigenvalue weighted by molar-refractivity contribution is -0.139. The van der Waals surface area contributed by atoms with E-state index < -0.39 is 28.5 Å². The number of carbonyl (C=O) groups is 2. The fourth-order valence-corrected chi connectivity index (χ4v) is 5.91. The van der Waals surface area contributed by atoms with Crippen molar-refractivity contribution in [2.45, 2.75) is 57.6 Å². The average molecular weight is 665 g/mol. The lowest BCUT2D eigenvalue weighted by atomic mass is 10.1. The van der Waals surface area contributed by atoms with Gasteiger partial charge < -0.3 is 15.0 Å². The Morgan fingerprint density at radius 3 is 2.24 bits per heavy atom. The van der Waals surface area contributed by atoms with Gasteiger partial charge in [0.25, 0.3) is 10.0 Å². The van der Waals surface area contributed by atoms with Crippen LogP contribution in [0.3, 0.4) is 0 Å². The molecule has 0 aliphatic rings. The van der Waals surface area contributed by atoms with Crippen molar-refractivity contribution in [1.82, 2.24) is 10.2 Å². The summed E-state index contributed by atoms with van der Waals surface area (Å²) in [6.07, 6.45) is 0.720. The molecule has 0 heterocycles. The predicted octanol–water partition coefficient (Wildman–Crippen LogP) is 6.03. The van der Waals surface area contributed by atoms with Gasteiger partial charge in [-0.1, -0.05) is 46.6 Å². The molecule has 0 saturated carbocycles. The second kappa shape index (κ2) is 14.7. The number of carbonyl (C=O) groups excluding carboxylic acids is 2. The lowest BCUT2D eigenvalue weighted by Gasteiger charge is -2.32. The van der Waals surface area contributed by atoms with E-state index in [-0.39, 0.29) is 29.1 Å². The first-order valence-electron chi connectivity index (χ1n) is 13.3. The van der Waals surface area contributed by atoms with Crippen LogP contribution in [0.4, 0.5) is 5.69 Å². The Kier molecular flexibility index (Phi) is 11.6. The number of ether oxygens (including phenoxy) is 1. The molecular formula is C30H35BrClN3O5S. The minimum atomic E-state index is -4.17. The average Bonchev–Trinajstić information content (AvgIpc) is 2.95. The molecule has 1 N–H and O–H groups in total. The Labute approximate surface area is 255 Å². The molecule has 0 spiro atoms. The smallest absolute Gasteiger partial charge is 0.264 e. The summed E-state index contributed by atoms with van der Waals surface area (Å²) >= 11 is 9.53. The van der Waals surface area contributed by atoms with Crippen LogP contribution in [0.2, 0.25) is 5.02 Å². The molecule has 3 aromatic rings. The van der Waals surface area contributed by atoms with E-state index in [1.54, 1.807) is 67.6 Å². The van der Waals surface area contributed by atoms with E-state index in [1.165, 1.54) is 17.0 Å². The van der Waals surface area contributed by atoms with Crippen molar-refractivity contribution in [2.75, 3.05) is 17.5 Å². The summed E-state index contributed by atoms with van der Waals surface area (Å²) in [5, 5.41) is 3.40. The minimum absolute atomic E-state index is 0.0198. The van der Waals surface area contributed by atoms with E-state index in [0.29, 0.717) is 27.4 Å². The lowest BCUT2D eigenvalue weighted by Crippen LogP contribution is -2.52. The molecule has 2 amide bonds. The fraction of sp³-hybridized carbons (Fsp3) is 0.333. The zero-order chi connectivity index (χ0) is 30.2. The fourth-order valence-electron chi connectivity index (χ4n) is 4.02.